The average molecular weight is 225 g/mol. The summed E-state index contributed by atoms with van der Waals surface area (Å²) in [4.78, 5) is 22.5. The van der Waals surface area contributed by atoms with Crippen molar-refractivity contribution in [1.29, 1.82) is 0 Å². The highest BCUT2D eigenvalue weighted by Crippen LogP contribution is 2.12. The second kappa shape index (κ2) is 4.34. The molecule has 16 heavy (non-hydrogen) atoms. The van der Waals surface area contributed by atoms with Crippen LogP contribution in [0.1, 0.15) is 30.1 Å². The molecule has 2 amide bonds. The molecule has 0 saturated heterocycles. The van der Waals surface area contributed by atoms with Gasteiger partial charge in [0, 0.05) is 12.6 Å². The Morgan fingerprint density at radius 2 is 2.19 bits per heavy atom. The van der Waals surface area contributed by atoms with Crippen molar-refractivity contribution in [1.82, 2.24) is 10.5 Å². The molecule has 0 aliphatic rings. The van der Waals surface area contributed by atoms with Crippen LogP contribution in [0, 0.1) is 12.3 Å². The van der Waals surface area contributed by atoms with Crippen molar-refractivity contribution in [2.75, 3.05) is 6.54 Å². The fraction of sp³-hybridized carbons (Fsp3) is 0.500. The molecule has 1 heterocycles. The zero-order valence-electron chi connectivity index (χ0n) is 9.53. The van der Waals surface area contributed by atoms with Crippen LogP contribution in [0.15, 0.2) is 10.6 Å². The van der Waals surface area contributed by atoms with Crippen LogP contribution in [0.2, 0.25) is 0 Å². The van der Waals surface area contributed by atoms with Gasteiger partial charge in [-0.2, -0.15) is 0 Å². The predicted molar refractivity (Wildman–Crippen MR) is 56.5 cm³/mol. The van der Waals surface area contributed by atoms with Gasteiger partial charge in [-0.1, -0.05) is 5.16 Å². The van der Waals surface area contributed by atoms with Crippen molar-refractivity contribution in [2.45, 2.75) is 20.8 Å². The number of nitrogens with one attached hydrogen (secondary N) is 1. The van der Waals surface area contributed by atoms with Crippen LogP contribution in [-0.4, -0.2) is 23.5 Å². The second-order valence-electron chi connectivity index (χ2n) is 4.26. The molecular formula is C10H15N3O3. The number of carbonyl (C=O) groups excluding carboxylic acids is 2. The Morgan fingerprint density at radius 1 is 1.56 bits per heavy atom. The van der Waals surface area contributed by atoms with Gasteiger partial charge in [0.1, 0.15) is 0 Å². The number of hydrogen-bond acceptors (Lipinski definition) is 4. The van der Waals surface area contributed by atoms with E-state index in [1.54, 1.807) is 20.8 Å². The summed E-state index contributed by atoms with van der Waals surface area (Å²) < 4.78 is 4.77. The number of aromatic nitrogens is 1. The van der Waals surface area contributed by atoms with E-state index in [-0.39, 0.29) is 12.3 Å². The first-order valence-electron chi connectivity index (χ1n) is 4.84. The molecular weight excluding hydrogens is 210 g/mol. The number of carbonyl (C=O) groups is 2. The standard InChI is InChI=1S/C10H15N3O3/c1-6-4-7(16-13-6)8(14)12-5-10(2,3)9(11)15/h4H,5H2,1-3H3,(H2,11,15)(H,12,14). The molecule has 6 nitrogen and oxygen atoms in total. The van der Waals surface area contributed by atoms with Gasteiger partial charge in [-0.3, -0.25) is 9.59 Å². The second-order valence-corrected chi connectivity index (χ2v) is 4.26. The third-order valence-corrected chi connectivity index (χ3v) is 2.21. The van der Waals surface area contributed by atoms with Gasteiger partial charge in [-0.15, -0.1) is 0 Å². The Balaban J connectivity index is 2.57. The molecule has 1 aromatic heterocycles. The smallest absolute Gasteiger partial charge is 0.289 e. The van der Waals surface area contributed by atoms with Gasteiger partial charge in [-0.25, -0.2) is 0 Å². The first-order chi connectivity index (χ1) is 7.33. The van der Waals surface area contributed by atoms with E-state index in [1.807, 2.05) is 0 Å². The summed E-state index contributed by atoms with van der Waals surface area (Å²) in [5.74, 6) is -0.755. The van der Waals surface area contributed by atoms with Gasteiger partial charge >= 0.3 is 0 Å². The number of aryl methyl sites for hydroxylation is 1. The van der Waals surface area contributed by atoms with Crippen LogP contribution in [0.3, 0.4) is 0 Å². The Hall–Kier alpha value is -1.85. The van der Waals surface area contributed by atoms with Crippen LogP contribution in [0.25, 0.3) is 0 Å². The molecule has 3 N–H and O–H groups in total. The normalized spacial score (nSPS) is 11.2. The Kier molecular flexibility index (Phi) is 3.31. The maximum absolute atomic E-state index is 11.5. The molecule has 88 valence electrons. The van der Waals surface area contributed by atoms with Gasteiger partial charge in [0.15, 0.2) is 0 Å². The van der Waals surface area contributed by atoms with Crippen molar-refractivity contribution < 1.29 is 14.1 Å². The van der Waals surface area contributed by atoms with Crippen LogP contribution in [0.5, 0.6) is 0 Å². The summed E-state index contributed by atoms with van der Waals surface area (Å²) in [7, 11) is 0. The summed E-state index contributed by atoms with van der Waals surface area (Å²) in [6.07, 6.45) is 0. The number of amides is 2. The van der Waals surface area contributed by atoms with E-state index in [4.69, 9.17) is 10.3 Å². The zero-order chi connectivity index (χ0) is 12.3. The lowest BCUT2D eigenvalue weighted by Gasteiger charge is -2.20. The Bertz CT molecular complexity index is 409. The largest absolute Gasteiger partial charge is 0.369 e. The maximum atomic E-state index is 11.5. The minimum atomic E-state index is -0.787. The number of hydrogen-bond donors (Lipinski definition) is 2. The van der Waals surface area contributed by atoms with Gasteiger partial charge < -0.3 is 15.6 Å². The van der Waals surface area contributed by atoms with Crippen LogP contribution in [-0.2, 0) is 4.79 Å². The monoisotopic (exact) mass is 225 g/mol. The summed E-state index contributed by atoms with van der Waals surface area (Å²) in [6.45, 7) is 5.18. The summed E-state index contributed by atoms with van der Waals surface area (Å²) in [6, 6.07) is 1.52. The van der Waals surface area contributed by atoms with E-state index < -0.39 is 17.2 Å². The van der Waals surface area contributed by atoms with Gasteiger partial charge in [0.05, 0.1) is 11.1 Å². The topological polar surface area (TPSA) is 98.2 Å². The molecule has 0 fully saturated rings. The molecule has 1 rings (SSSR count). The molecule has 0 atom stereocenters. The molecule has 0 spiro atoms. The highest BCUT2D eigenvalue weighted by molar-refractivity contribution is 5.92. The molecule has 0 bridgehead atoms. The van der Waals surface area contributed by atoms with Crippen molar-refractivity contribution >= 4 is 11.8 Å². The molecule has 1 aromatic rings. The molecule has 0 radical (unpaired) electrons. The lowest BCUT2D eigenvalue weighted by atomic mass is 9.93. The molecule has 6 heteroatoms. The third-order valence-electron chi connectivity index (χ3n) is 2.21. The van der Waals surface area contributed by atoms with E-state index in [0.717, 1.165) is 0 Å². The first kappa shape index (κ1) is 12.2. The van der Waals surface area contributed by atoms with Crippen LogP contribution >= 0.6 is 0 Å². The van der Waals surface area contributed by atoms with Crippen molar-refractivity contribution in [3.8, 4) is 0 Å². The SMILES string of the molecule is Cc1cc(C(=O)NCC(C)(C)C(N)=O)on1. The summed E-state index contributed by atoms with van der Waals surface area (Å²) in [5, 5.41) is 6.15. The lowest BCUT2D eigenvalue weighted by molar-refractivity contribution is -0.125. The fourth-order valence-corrected chi connectivity index (χ4v) is 0.946. The number of nitrogens with two attached hydrogens (primary N) is 1. The molecule has 0 aliphatic carbocycles. The minimum Gasteiger partial charge on any atom is -0.369 e. The molecule has 0 unspecified atom stereocenters. The summed E-state index contributed by atoms with van der Waals surface area (Å²) in [5.41, 5.74) is 5.01. The van der Waals surface area contributed by atoms with Crippen molar-refractivity contribution in [3.05, 3.63) is 17.5 Å². The van der Waals surface area contributed by atoms with Gasteiger partial charge in [-0.05, 0) is 20.8 Å². The highest BCUT2D eigenvalue weighted by atomic mass is 16.5. The van der Waals surface area contributed by atoms with E-state index in [0.29, 0.717) is 5.69 Å². The van der Waals surface area contributed by atoms with E-state index in [9.17, 15) is 9.59 Å². The maximum Gasteiger partial charge on any atom is 0.289 e. The molecule has 0 aliphatic heterocycles. The lowest BCUT2D eigenvalue weighted by Crippen LogP contribution is -2.42. The van der Waals surface area contributed by atoms with E-state index in [2.05, 4.69) is 10.5 Å². The Labute approximate surface area is 93.2 Å². The highest BCUT2D eigenvalue weighted by Gasteiger charge is 2.26. The predicted octanol–water partition coefficient (Wildman–Crippen LogP) is 0.224. The minimum absolute atomic E-state index is 0.123. The van der Waals surface area contributed by atoms with Gasteiger partial charge in [0.25, 0.3) is 5.91 Å². The number of primary amides is 1. The third kappa shape index (κ3) is 2.82. The van der Waals surface area contributed by atoms with Gasteiger partial charge in [0.2, 0.25) is 11.7 Å². The van der Waals surface area contributed by atoms with E-state index in [1.165, 1.54) is 6.07 Å². The van der Waals surface area contributed by atoms with Crippen LogP contribution < -0.4 is 11.1 Å². The fourth-order valence-electron chi connectivity index (χ4n) is 0.946. The first-order valence-corrected chi connectivity index (χ1v) is 4.84. The summed E-state index contributed by atoms with van der Waals surface area (Å²) >= 11 is 0. The zero-order valence-corrected chi connectivity index (χ0v) is 9.53. The van der Waals surface area contributed by atoms with E-state index >= 15 is 0 Å². The van der Waals surface area contributed by atoms with Crippen LogP contribution in [0.4, 0.5) is 0 Å². The van der Waals surface area contributed by atoms with Crippen molar-refractivity contribution in [2.24, 2.45) is 11.1 Å². The number of rotatable bonds is 4. The number of nitrogens with zero attached hydrogens (tertiary/aromatic N) is 1. The molecule has 0 saturated carbocycles. The average Bonchev–Trinajstić information content (AvgIpc) is 2.61. The quantitative estimate of drug-likeness (QED) is 0.766. The molecule has 0 aromatic carbocycles. The van der Waals surface area contributed by atoms with Crippen molar-refractivity contribution in [3.63, 3.8) is 0 Å². The Morgan fingerprint density at radius 3 is 2.62 bits per heavy atom.